The number of hydrogen-bond acceptors (Lipinski definition) is 6. The van der Waals surface area contributed by atoms with Crippen molar-refractivity contribution in [3.63, 3.8) is 0 Å². The molecule has 0 spiro atoms. The Morgan fingerprint density at radius 2 is 2.00 bits per heavy atom. The molecule has 1 saturated heterocycles. The van der Waals surface area contributed by atoms with Gasteiger partial charge in [-0.15, -0.1) is 5.10 Å². The van der Waals surface area contributed by atoms with Crippen LogP contribution in [-0.2, 0) is 23.1 Å². The molecule has 0 radical (unpaired) electrons. The number of methoxy groups -OCH3 is 1. The van der Waals surface area contributed by atoms with Crippen molar-refractivity contribution in [1.29, 1.82) is 0 Å². The number of ether oxygens (including phenoxy) is 1. The summed E-state index contributed by atoms with van der Waals surface area (Å²) in [5.74, 6) is 0.976. The van der Waals surface area contributed by atoms with E-state index >= 15 is 0 Å². The van der Waals surface area contributed by atoms with Gasteiger partial charge in [-0.3, -0.25) is 0 Å². The number of benzene rings is 1. The van der Waals surface area contributed by atoms with Crippen LogP contribution in [0.4, 0.5) is 0 Å². The van der Waals surface area contributed by atoms with E-state index in [0.29, 0.717) is 18.8 Å². The van der Waals surface area contributed by atoms with E-state index in [0.717, 1.165) is 24.3 Å². The van der Waals surface area contributed by atoms with E-state index < -0.39 is 10.0 Å². The maximum Gasteiger partial charge on any atom is 0.216 e. The van der Waals surface area contributed by atoms with E-state index in [9.17, 15) is 8.42 Å². The molecule has 2 heterocycles. The Morgan fingerprint density at radius 1 is 1.26 bits per heavy atom. The van der Waals surface area contributed by atoms with Gasteiger partial charge in [0.25, 0.3) is 0 Å². The lowest BCUT2D eigenvalue weighted by Gasteiger charge is -2.22. The molecule has 27 heavy (non-hydrogen) atoms. The zero-order valence-corrected chi connectivity index (χ0v) is 16.9. The highest BCUT2D eigenvalue weighted by molar-refractivity contribution is 7.89. The Hall–Kier alpha value is -1.97. The average Bonchev–Trinajstić information content (AvgIpc) is 3.20. The van der Waals surface area contributed by atoms with Crippen LogP contribution >= 0.6 is 0 Å². The molecule has 0 saturated carbocycles. The van der Waals surface area contributed by atoms with Crippen molar-refractivity contribution < 1.29 is 13.2 Å². The normalized spacial score (nSPS) is 19.6. The van der Waals surface area contributed by atoms with Crippen molar-refractivity contribution in [2.24, 2.45) is 0 Å². The Labute approximate surface area is 160 Å². The van der Waals surface area contributed by atoms with Gasteiger partial charge in [-0.1, -0.05) is 24.3 Å². The SMILES string of the molecule is CCCN(C)C1CN(Cc2cn(Cc3ccc(OC)cc3)nn2)S(=O)(=O)C1. The highest BCUT2D eigenvalue weighted by Crippen LogP contribution is 2.20. The quantitative estimate of drug-likeness (QED) is 0.670. The molecule has 0 amide bonds. The lowest BCUT2D eigenvalue weighted by atomic mass is 10.2. The third-order valence-electron chi connectivity index (χ3n) is 4.84. The summed E-state index contributed by atoms with van der Waals surface area (Å²) in [6.07, 6.45) is 2.82. The predicted octanol–water partition coefficient (Wildman–Crippen LogP) is 1.19. The van der Waals surface area contributed by atoms with Crippen molar-refractivity contribution in [2.75, 3.05) is 33.0 Å². The fraction of sp³-hybridized carbons (Fsp3) is 0.556. The van der Waals surface area contributed by atoms with Crippen LogP contribution in [0.3, 0.4) is 0 Å². The first-order valence-corrected chi connectivity index (χ1v) is 10.7. The minimum absolute atomic E-state index is 0.0318. The Morgan fingerprint density at radius 3 is 2.67 bits per heavy atom. The van der Waals surface area contributed by atoms with E-state index in [1.165, 1.54) is 4.31 Å². The largest absolute Gasteiger partial charge is 0.497 e. The second-order valence-corrected chi connectivity index (χ2v) is 8.97. The van der Waals surface area contributed by atoms with E-state index in [-0.39, 0.29) is 18.3 Å². The third-order valence-corrected chi connectivity index (χ3v) is 6.71. The van der Waals surface area contributed by atoms with Gasteiger partial charge in [0, 0.05) is 12.6 Å². The molecule has 0 bridgehead atoms. The van der Waals surface area contributed by atoms with Crippen LogP contribution in [0.15, 0.2) is 30.5 Å². The first-order chi connectivity index (χ1) is 12.9. The molecule has 0 aliphatic carbocycles. The van der Waals surface area contributed by atoms with Crippen LogP contribution in [0.5, 0.6) is 5.75 Å². The number of aromatic nitrogens is 3. The second kappa shape index (κ2) is 8.37. The second-order valence-electron chi connectivity index (χ2n) is 6.96. The molecule has 1 aromatic carbocycles. The van der Waals surface area contributed by atoms with Crippen molar-refractivity contribution >= 4 is 10.0 Å². The molecule has 1 atom stereocenters. The fourth-order valence-electron chi connectivity index (χ4n) is 3.30. The van der Waals surface area contributed by atoms with E-state index in [1.54, 1.807) is 11.8 Å². The first-order valence-electron chi connectivity index (χ1n) is 9.11. The number of sulfonamides is 1. The summed E-state index contributed by atoms with van der Waals surface area (Å²) in [5.41, 5.74) is 1.73. The molecule has 1 unspecified atom stereocenters. The topological polar surface area (TPSA) is 80.6 Å². The molecule has 2 aromatic rings. The monoisotopic (exact) mass is 393 g/mol. The van der Waals surface area contributed by atoms with Gasteiger partial charge in [-0.25, -0.2) is 13.1 Å². The Kier molecular flexibility index (Phi) is 6.13. The zero-order chi connectivity index (χ0) is 19.4. The number of hydrogen-bond donors (Lipinski definition) is 0. The van der Waals surface area contributed by atoms with Crippen molar-refractivity contribution in [1.82, 2.24) is 24.2 Å². The summed E-state index contributed by atoms with van der Waals surface area (Å²) in [4.78, 5) is 2.12. The summed E-state index contributed by atoms with van der Waals surface area (Å²) in [5, 5.41) is 8.28. The summed E-state index contributed by atoms with van der Waals surface area (Å²) in [6, 6.07) is 7.77. The molecule has 148 valence electrons. The molecule has 3 rings (SSSR count). The van der Waals surface area contributed by atoms with E-state index in [4.69, 9.17) is 4.74 Å². The summed E-state index contributed by atoms with van der Waals surface area (Å²) in [6.45, 7) is 4.34. The zero-order valence-electron chi connectivity index (χ0n) is 16.1. The van der Waals surface area contributed by atoms with Crippen molar-refractivity contribution in [3.05, 3.63) is 41.7 Å². The number of rotatable bonds is 8. The molecule has 9 heteroatoms. The van der Waals surface area contributed by atoms with Gasteiger partial charge in [-0.2, -0.15) is 4.31 Å². The molecule has 8 nitrogen and oxygen atoms in total. The smallest absolute Gasteiger partial charge is 0.216 e. The van der Waals surface area contributed by atoms with Gasteiger partial charge >= 0.3 is 0 Å². The summed E-state index contributed by atoms with van der Waals surface area (Å²) in [7, 11) is 0.365. The van der Waals surface area contributed by atoms with Crippen LogP contribution in [0.1, 0.15) is 24.6 Å². The predicted molar refractivity (Wildman–Crippen MR) is 103 cm³/mol. The minimum atomic E-state index is -3.25. The highest BCUT2D eigenvalue weighted by atomic mass is 32.2. The van der Waals surface area contributed by atoms with Crippen molar-refractivity contribution in [2.45, 2.75) is 32.5 Å². The highest BCUT2D eigenvalue weighted by Gasteiger charge is 2.38. The third kappa shape index (κ3) is 4.85. The van der Waals surface area contributed by atoms with Crippen LogP contribution < -0.4 is 4.74 Å². The molecule has 1 aliphatic heterocycles. The molecule has 1 aromatic heterocycles. The van der Waals surface area contributed by atoms with Crippen LogP contribution in [-0.4, -0.2) is 71.7 Å². The standard InChI is InChI=1S/C18H27N5O3S/c1-4-9-21(2)17-13-23(27(24,25)14-17)12-16-11-22(20-19-16)10-15-5-7-18(26-3)8-6-15/h5-8,11,17H,4,9-10,12-14H2,1-3H3. The van der Waals surface area contributed by atoms with Gasteiger partial charge < -0.3 is 9.64 Å². The van der Waals surface area contributed by atoms with Crippen LogP contribution in [0.25, 0.3) is 0 Å². The van der Waals surface area contributed by atoms with Crippen LogP contribution in [0.2, 0.25) is 0 Å². The Bertz CT molecular complexity index is 850. The van der Waals surface area contributed by atoms with Gasteiger partial charge in [0.05, 0.1) is 37.8 Å². The maximum atomic E-state index is 12.5. The summed E-state index contributed by atoms with van der Waals surface area (Å²) < 4.78 is 33.4. The average molecular weight is 394 g/mol. The minimum Gasteiger partial charge on any atom is -0.497 e. The first kappa shape index (κ1) is 19.8. The van der Waals surface area contributed by atoms with Crippen LogP contribution in [0, 0.1) is 0 Å². The number of nitrogens with zero attached hydrogens (tertiary/aromatic N) is 5. The van der Waals surface area contributed by atoms with E-state index in [1.807, 2.05) is 37.5 Å². The molecular formula is C18H27N5O3S. The fourth-order valence-corrected chi connectivity index (χ4v) is 5.09. The molecule has 0 N–H and O–H groups in total. The van der Waals surface area contributed by atoms with E-state index in [2.05, 4.69) is 22.1 Å². The van der Waals surface area contributed by atoms with Gasteiger partial charge in [0.1, 0.15) is 5.75 Å². The van der Waals surface area contributed by atoms with Gasteiger partial charge in [0.2, 0.25) is 10.0 Å². The lowest BCUT2D eigenvalue weighted by Crippen LogP contribution is -2.36. The summed E-state index contributed by atoms with van der Waals surface area (Å²) >= 11 is 0. The molecule has 1 fully saturated rings. The molecular weight excluding hydrogens is 366 g/mol. The Balaban J connectivity index is 1.63. The van der Waals surface area contributed by atoms with Crippen molar-refractivity contribution in [3.8, 4) is 5.75 Å². The van der Waals surface area contributed by atoms with Gasteiger partial charge in [0.15, 0.2) is 0 Å². The molecule has 1 aliphatic rings. The van der Waals surface area contributed by atoms with Gasteiger partial charge in [-0.05, 0) is 37.7 Å². The number of likely N-dealkylation sites (N-methyl/N-ethyl adjacent to an activating group) is 1. The maximum absolute atomic E-state index is 12.5. The lowest BCUT2D eigenvalue weighted by molar-refractivity contribution is 0.241.